The Morgan fingerprint density at radius 2 is 2.09 bits per heavy atom. The standard InChI is InChI=1S/C14H14N6O2/c15-8-2-5-13-16-17-14-7-6-12(18-19(13)14)10-3-1-4-11(9-10)20(21)22/h1,3-4,6-7,9H,2,5,8,15H2. The van der Waals surface area contributed by atoms with Crippen molar-refractivity contribution >= 4 is 11.3 Å². The lowest BCUT2D eigenvalue weighted by atomic mass is 10.1. The smallest absolute Gasteiger partial charge is 0.270 e. The number of benzene rings is 1. The fraction of sp³-hybridized carbons (Fsp3) is 0.214. The average Bonchev–Trinajstić information content (AvgIpc) is 2.95. The Labute approximate surface area is 125 Å². The highest BCUT2D eigenvalue weighted by molar-refractivity contribution is 5.63. The fourth-order valence-electron chi connectivity index (χ4n) is 2.18. The minimum Gasteiger partial charge on any atom is -0.330 e. The Bertz CT molecular complexity index is 829. The SMILES string of the molecule is NCCCc1nnc2ccc(-c3cccc([N+](=O)[O-])c3)nn12. The first-order valence-electron chi connectivity index (χ1n) is 6.85. The van der Waals surface area contributed by atoms with Crippen LogP contribution in [0.1, 0.15) is 12.2 Å². The van der Waals surface area contributed by atoms with Crippen LogP contribution in [0.4, 0.5) is 5.69 Å². The van der Waals surface area contributed by atoms with Gasteiger partial charge < -0.3 is 5.73 Å². The molecule has 0 saturated carbocycles. The molecule has 8 heteroatoms. The topological polar surface area (TPSA) is 112 Å². The van der Waals surface area contributed by atoms with E-state index in [0.717, 1.165) is 12.2 Å². The molecule has 0 spiro atoms. The molecule has 2 N–H and O–H groups in total. The van der Waals surface area contributed by atoms with E-state index in [1.165, 1.54) is 12.1 Å². The van der Waals surface area contributed by atoms with Crippen LogP contribution >= 0.6 is 0 Å². The first-order valence-corrected chi connectivity index (χ1v) is 6.85. The van der Waals surface area contributed by atoms with Gasteiger partial charge in [-0.25, -0.2) is 0 Å². The fourth-order valence-corrected chi connectivity index (χ4v) is 2.18. The van der Waals surface area contributed by atoms with Crippen molar-refractivity contribution in [1.29, 1.82) is 0 Å². The van der Waals surface area contributed by atoms with E-state index in [1.807, 2.05) is 0 Å². The highest BCUT2D eigenvalue weighted by Crippen LogP contribution is 2.22. The number of hydrogen-bond donors (Lipinski definition) is 1. The van der Waals surface area contributed by atoms with Crippen LogP contribution in [0.15, 0.2) is 36.4 Å². The van der Waals surface area contributed by atoms with Crippen LogP contribution in [0.5, 0.6) is 0 Å². The number of nitro groups is 1. The molecule has 3 aromatic rings. The van der Waals surface area contributed by atoms with Gasteiger partial charge in [0.1, 0.15) is 0 Å². The summed E-state index contributed by atoms with van der Waals surface area (Å²) in [5, 5.41) is 23.5. The first-order chi connectivity index (χ1) is 10.7. The zero-order chi connectivity index (χ0) is 15.5. The van der Waals surface area contributed by atoms with Crippen LogP contribution in [-0.2, 0) is 6.42 Å². The van der Waals surface area contributed by atoms with Gasteiger partial charge in [-0.05, 0) is 25.1 Å². The molecule has 1 aromatic carbocycles. The van der Waals surface area contributed by atoms with Crippen LogP contribution < -0.4 is 5.73 Å². The zero-order valence-corrected chi connectivity index (χ0v) is 11.7. The lowest BCUT2D eigenvalue weighted by Gasteiger charge is -2.03. The number of nitrogens with two attached hydrogens (primary N) is 1. The van der Waals surface area contributed by atoms with Gasteiger partial charge >= 0.3 is 0 Å². The van der Waals surface area contributed by atoms with Crippen LogP contribution in [0, 0.1) is 10.1 Å². The number of hydrogen-bond acceptors (Lipinski definition) is 6. The van der Waals surface area contributed by atoms with E-state index in [0.29, 0.717) is 29.9 Å². The molecule has 0 aliphatic rings. The van der Waals surface area contributed by atoms with Gasteiger partial charge in [0.05, 0.1) is 10.6 Å². The Morgan fingerprint density at radius 3 is 2.86 bits per heavy atom. The number of non-ortho nitro benzene ring substituents is 1. The summed E-state index contributed by atoms with van der Waals surface area (Å²) < 4.78 is 1.66. The van der Waals surface area contributed by atoms with Crippen molar-refractivity contribution in [2.45, 2.75) is 12.8 Å². The summed E-state index contributed by atoms with van der Waals surface area (Å²) >= 11 is 0. The maximum atomic E-state index is 10.9. The maximum absolute atomic E-state index is 10.9. The van der Waals surface area contributed by atoms with Crippen LogP contribution in [0.3, 0.4) is 0 Å². The summed E-state index contributed by atoms with van der Waals surface area (Å²) in [6.07, 6.45) is 1.48. The second-order valence-electron chi connectivity index (χ2n) is 4.80. The molecule has 0 unspecified atom stereocenters. The lowest BCUT2D eigenvalue weighted by molar-refractivity contribution is -0.384. The van der Waals surface area contributed by atoms with Gasteiger partial charge in [-0.15, -0.1) is 10.2 Å². The third-order valence-corrected chi connectivity index (χ3v) is 3.28. The molecule has 0 fully saturated rings. The molecule has 2 aromatic heterocycles. The second-order valence-corrected chi connectivity index (χ2v) is 4.80. The predicted octanol–water partition coefficient (Wildman–Crippen LogP) is 1.59. The van der Waals surface area contributed by atoms with Crippen molar-refractivity contribution in [3.8, 4) is 11.3 Å². The van der Waals surface area contributed by atoms with E-state index in [4.69, 9.17) is 5.73 Å². The van der Waals surface area contributed by atoms with E-state index < -0.39 is 4.92 Å². The quantitative estimate of drug-likeness (QED) is 0.565. The summed E-state index contributed by atoms with van der Waals surface area (Å²) in [7, 11) is 0. The van der Waals surface area contributed by atoms with Crippen molar-refractivity contribution in [3.05, 3.63) is 52.3 Å². The van der Waals surface area contributed by atoms with Crippen molar-refractivity contribution < 1.29 is 4.92 Å². The summed E-state index contributed by atoms with van der Waals surface area (Å²) in [5.74, 6) is 0.729. The van der Waals surface area contributed by atoms with E-state index in [9.17, 15) is 10.1 Å². The lowest BCUT2D eigenvalue weighted by Crippen LogP contribution is -2.05. The molecule has 3 rings (SSSR count). The Kier molecular flexibility index (Phi) is 3.75. The average molecular weight is 298 g/mol. The van der Waals surface area contributed by atoms with Gasteiger partial charge in [0.2, 0.25) is 0 Å². The molecule has 8 nitrogen and oxygen atoms in total. The van der Waals surface area contributed by atoms with Crippen molar-refractivity contribution in [2.24, 2.45) is 5.73 Å². The summed E-state index contributed by atoms with van der Waals surface area (Å²) in [6.45, 7) is 0.569. The largest absolute Gasteiger partial charge is 0.330 e. The minimum atomic E-state index is -0.423. The number of nitro benzene ring substituents is 1. The normalized spacial score (nSPS) is 11.0. The summed E-state index contributed by atoms with van der Waals surface area (Å²) in [6, 6.07) is 9.94. The predicted molar refractivity (Wildman–Crippen MR) is 80.2 cm³/mol. The molecular formula is C14H14N6O2. The highest BCUT2D eigenvalue weighted by Gasteiger charge is 2.11. The van der Waals surface area contributed by atoms with Gasteiger partial charge in [-0.2, -0.15) is 9.61 Å². The first kappa shape index (κ1) is 14.1. The van der Waals surface area contributed by atoms with E-state index in [-0.39, 0.29) is 5.69 Å². The molecule has 0 atom stereocenters. The van der Waals surface area contributed by atoms with E-state index in [1.54, 1.807) is 28.8 Å². The van der Waals surface area contributed by atoms with Gasteiger partial charge in [-0.3, -0.25) is 10.1 Å². The monoisotopic (exact) mass is 298 g/mol. The molecule has 0 aliphatic carbocycles. The number of aromatic nitrogens is 4. The molecular weight excluding hydrogens is 284 g/mol. The molecule has 112 valence electrons. The number of aryl methyl sites for hydroxylation is 1. The van der Waals surface area contributed by atoms with Gasteiger partial charge in [-0.1, -0.05) is 12.1 Å². The number of nitrogens with zero attached hydrogens (tertiary/aromatic N) is 5. The number of fused-ring (bicyclic) bond motifs is 1. The van der Waals surface area contributed by atoms with Crippen LogP contribution in [-0.4, -0.2) is 31.3 Å². The third kappa shape index (κ3) is 2.63. The molecule has 0 radical (unpaired) electrons. The van der Waals surface area contributed by atoms with Gasteiger partial charge in [0.25, 0.3) is 5.69 Å². The maximum Gasteiger partial charge on any atom is 0.270 e. The highest BCUT2D eigenvalue weighted by atomic mass is 16.6. The Hall–Kier alpha value is -2.87. The van der Waals surface area contributed by atoms with E-state index in [2.05, 4.69) is 15.3 Å². The zero-order valence-electron chi connectivity index (χ0n) is 11.7. The summed E-state index contributed by atoms with van der Waals surface area (Å²) in [4.78, 5) is 10.5. The van der Waals surface area contributed by atoms with Crippen molar-refractivity contribution in [3.63, 3.8) is 0 Å². The number of rotatable bonds is 5. The molecule has 0 saturated heterocycles. The molecule has 2 heterocycles. The van der Waals surface area contributed by atoms with Crippen LogP contribution in [0.2, 0.25) is 0 Å². The molecule has 0 aliphatic heterocycles. The minimum absolute atomic E-state index is 0.0338. The molecule has 0 amide bonds. The molecule has 22 heavy (non-hydrogen) atoms. The van der Waals surface area contributed by atoms with Crippen LogP contribution in [0.25, 0.3) is 16.9 Å². The van der Waals surface area contributed by atoms with Gasteiger partial charge in [0, 0.05) is 24.1 Å². The Balaban J connectivity index is 2.04. The van der Waals surface area contributed by atoms with Crippen molar-refractivity contribution in [1.82, 2.24) is 19.8 Å². The summed E-state index contributed by atoms with van der Waals surface area (Å²) in [5.41, 5.74) is 7.49. The third-order valence-electron chi connectivity index (χ3n) is 3.28. The van der Waals surface area contributed by atoms with Gasteiger partial charge in [0.15, 0.2) is 11.5 Å². The van der Waals surface area contributed by atoms with Crippen molar-refractivity contribution in [2.75, 3.05) is 6.54 Å². The Morgan fingerprint density at radius 1 is 1.23 bits per heavy atom. The molecule has 0 bridgehead atoms. The van der Waals surface area contributed by atoms with E-state index >= 15 is 0 Å². The second kappa shape index (κ2) is 5.86.